The van der Waals surface area contributed by atoms with Gasteiger partial charge in [0.2, 0.25) is 0 Å². The Kier molecular flexibility index (Phi) is 1.92. The molecular formula is C8H5BrOS. The van der Waals surface area contributed by atoms with Crippen LogP contribution in [0.1, 0.15) is 5.56 Å². The van der Waals surface area contributed by atoms with Crippen molar-refractivity contribution in [3.63, 3.8) is 0 Å². The molecule has 56 valence electrons. The molecule has 0 saturated heterocycles. The Hall–Kier alpha value is -0.410. The number of benzene rings is 1. The van der Waals surface area contributed by atoms with Gasteiger partial charge in [0.05, 0.1) is 21.4 Å². The van der Waals surface area contributed by atoms with E-state index in [1.165, 1.54) is 17.6 Å². The fraction of sp³-hybridized carbons (Fsp3) is 0. The highest BCUT2D eigenvalue weighted by atomic mass is 79.9. The summed E-state index contributed by atoms with van der Waals surface area (Å²) in [7, 11) is 0. The molecule has 2 rings (SSSR count). The van der Waals surface area contributed by atoms with Crippen LogP contribution in [0.4, 0.5) is 0 Å². The second kappa shape index (κ2) is 2.91. The van der Waals surface area contributed by atoms with Crippen LogP contribution in [-0.2, 0) is 4.18 Å². The predicted molar refractivity (Wildman–Crippen MR) is 50.3 cm³/mol. The minimum Gasteiger partial charge on any atom is -0.427 e. The van der Waals surface area contributed by atoms with Gasteiger partial charge in [0.1, 0.15) is 6.26 Å². The lowest BCUT2D eigenvalue weighted by Crippen LogP contribution is -1.87. The maximum atomic E-state index is 5.12. The molecular weight excluding hydrogens is 224 g/mol. The molecule has 1 aromatic rings. The van der Waals surface area contributed by atoms with E-state index < -0.39 is 0 Å². The van der Waals surface area contributed by atoms with Crippen LogP contribution in [-0.4, -0.2) is 0 Å². The van der Waals surface area contributed by atoms with Crippen LogP contribution in [0.25, 0.3) is 4.48 Å². The molecule has 1 nitrogen and oxygen atoms in total. The maximum absolute atomic E-state index is 5.12. The number of hydrogen-bond donors (Lipinski definition) is 0. The SMILES string of the molecule is BrC1=COSc2ccccc21. The Bertz CT molecular complexity index is 309. The molecule has 0 bridgehead atoms. The van der Waals surface area contributed by atoms with Crippen molar-refractivity contribution in [2.24, 2.45) is 0 Å². The van der Waals surface area contributed by atoms with Crippen LogP contribution >= 0.6 is 28.0 Å². The summed E-state index contributed by atoms with van der Waals surface area (Å²) in [5, 5.41) is 0. The minimum atomic E-state index is 1.01. The standard InChI is InChI=1S/C8H5BrOS/c9-7-5-10-11-8-4-2-1-3-6(7)8/h1-5H. The highest BCUT2D eigenvalue weighted by Crippen LogP contribution is 2.36. The Balaban J connectivity index is 2.56. The van der Waals surface area contributed by atoms with Gasteiger partial charge < -0.3 is 4.18 Å². The molecule has 1 aromatic carbocycles. The molecule has 0 fully saturated rings. The first kappa shape index (κ1) is 7.25. The molecule has 11 heavy (non-hydrogen) atoms. The molecule has 0 N–H and O–H groups in total. The van der Waals surface area contributed by atoms with Crippen molar-refractivity contribution in [2.75, 3.05) is 0 Å². The number of hydrogen-bond acceptors (Lipinski definition) is 2. The maximum Gasteiger partial charge on any atom is 0.116 e. The molecule has 0 spiro atoms. The zero-order valence-corrected chi connectivity index (χ0v) is 7.98. The van der Waals surface area contributed by atoms with Gasteiger partial charge in [-0.1, -0.05) is 18.2 Å². The van der Waals surface area contributed by atoms with Gasteiger partial charge in [-0.2, -0.15) is 0 Å². The van der Waals surface area contributed by atoms with Crippen molar-refractivity contribution < 1.29 is 4.18 Å². The lowest BCUT2D eigenvalue weighted by atomic mass is 10.2. The molecule has 0 amide bonds. The molecule has 0 saturated carbocycles. The number of fused-ring (bicyclic) bond motifs is 1. The summed E-state index contributed by atoms with van der Waals surface area (Å²) in [5.74, 6) is 0. The van der Waals surface area contributed by atoms with Gasteiger partial charge in [-0.3, -0.25) is 0 Å². The van der Waals surface area contributed by atoms with Crippen LogP contribution in [0.15, 0.2) is 35.4 Å². The third-order valence-electron chi connectivity index (χ3n) is 1.43. The van der Waals surface area contributed by atoms with Gasteiger partial charge >= 0.3 is 0 Å². The summed E-state index contributed by atoms with van der Waals surface area (Å²) >= 11 is 4.80. The van der Waals surface area contributed by atoms with Gasteiger partial charge in [-0.25, -0.2) is 0 Å². The van der Waals surface area contributed by atoms with E-state index in [9.17, 15) is 0 Å². The first-order valence-electron chi connectivity index (χ1n) is 3.16. The van der Waals surface area contributed by atoms with E-state index in [0.717, 1.165) is 9.38 Å². The average Bonchev–Trinajstić information content (AvgIpc) is 2.06. The Morgan fingerprint density at radius 2 is 2.09 bits per heavy atom. The summed E-state index contributed by atoms with van der Waals surface area (Å²) in [6.45, 7) is 0. The van der Waals surface area contributed by atoms with E-state index in [2.05, 4.69) is 22.0 Å². The molecule has 0 radical (unpaired) electrons. The summed E-state index contributed by atoms with van der Waals surface area (Å²) in [6, 6.07) is 8.11. The van der Waals surface area contributed by atoms with Crippen molar-refractivity contribution >= 4 is 32.5 Å². The van der Waals surface area contributed by atoms with Crippen LogP contribution in [0, 0.1) is 0 Å². The first-order chi connectivity index (χ1) is 5.38. The van der Waals surface area contributed by atoms with Crippen LogP contribution in [0.3, 0.4) is 0 Å². The second-order valence-electron chi connectivity index (χ2n) is 2.14. The lowest BCUT2D eigenvalue weighted by Gasteiger charge is -2.11. The molecule has 0 aliphatic carbocycles. The van der Waals surface area contributed by atoms with Crippen LogP contribution < -0.4 is 0 Å². The minimum absolute atomic E-state index is 1.01. The van der Waals surface area contributed by atoms with Gasteiger partial charge in [0.15, 0.2) is 0 Å². The van der Waals surface area contributed by atoms with Gasteiger partial charge in [0, 0.05) is 5.56 Å². The van der Waals surface area contributed by atoms with Crippen molar-refractivity contribution in [1.82, 2.24) is 0 Å². The third kappa shape index (κ3) is 1.30. The summed E-state index contributed by atoms with van der Waals surface area (Å²) in [6.07, 6.45) is 1.70. The zero-order chi connectivity index (χ0) is 7.68. The highest BCUT2D eigenvalue weighted by Gasteiger charge is 2.10. The van der Waals surface area contributed by atoms with Gasteiger partial charge in [-0.05, 0) is 22.0 Å². The Morgan fingerprint density at radius 3 is 2.91 bits per heavy atom. The monoisotopic (exact) mass is 228 g/mol. The van der Waals surface area contributed by atoms with Crippen LogP contribution in [0.2, 0.25) is 0 Å². The predicted octanol–water partition coefficient (Wildman–Crippen LogP) is 3.42. The summed E-state index contributed by atoms with van der Waals surface area (Å²) in [4.78, 5) is 1.15. The fourth-order valence-electron chi connectivity index (χ4n) is 0.918. The molecule has 1 aliphatic heterocycles. The van der Waals surface area contributed by atoms with Crippen molar-refractivity contribution in [2.45, 2.75) is 4.90 Å². The molecule has 1 heterocycles. The van der Waals surface area contributed by atoms with Crippen molar-refractivity contribution in [3.8, 4) is 0 Å². The van der Waals surface area contributed by atoms with Gasteiger partial charge in [-0.15, -0.1) is 0 Å². The van der Waals surface area contributed by atoms with E-state index in [0.29, 0.717) is 0 Å². The second-order valence-corrected chi connectivity index (χ2v) is 3.79. The number of rotatable bonds is 0. The van der Waals surface area contributed by atoms with Crippen molar-refractivity contribution in [1.29, 1.82) is 0 Å². The summed E-state index contributed by atoms with van der Waals surface area (Å²) in [5.41, 5.74) is 1.20. The Morgan fingerprint density at radius 1 is 1.27 bits per heavy atom. The molecule has 0 aromatic heterocycles. The molecule has 3 heteroatoms. The van der Waals surface area contributed by atoms with E-state index in [1.54, 1.807) is 6.26 Å². The summed E-state index contributed by atoms with van der Waals surface area (Å²) < 4.78 is 6.12. The third-order valence-corrected chi connectivity index (χ3v) is 2.78. The van der Waals surface area contributed by atoms with E-state index in [4.69, 9.17) is 4.18 Å². The number of halogens is 1. The molecule has 0 unspecified atom stereocenters. The quantitative estimate of drug-likeness (QED) is 0.630. The topological polar surface area (TPSA) is 9.23 Å². The zero-order valence-electron chi connectivity index (χ0n) is 5.58. The van der Waals surface area contributed by atoms with Crippen molar-refractivity contribution in [3.05, 3.63) is 36.1 Å². The molecule has 0 atom stereocenters. The average molecular weight is 229 g/mol. The first-order valence-corrected chi connectivity index (χ1v) is 4.70. The van der Waals surface area contributed by atoms with Gasteiger partial charge in [0.25, 0.3) is 0 Å². The normalized spacial score (nSPS) is 14.8. The van der Waals surface area contributed by atoms with E-state index in [-0.39, 0.29) is 0 Å². The molecule has 1 aliphatic rings. The smallest absolute Gasteiger partial charge is 0.116 e. The van der Waals surface area contributed by atoms with E-state index >= 15 is 0 Å². The Labute approximate surface area is 77.8 Å². The van der Waals surface area contributed by atoms with Crippen LogP contribution in [0.5, 0.6) is 0 Å². The van der Waals surface area contributed by atoms with E-state index in [1.807, 2.05) is 18.2 Å². The highest BCUT2D eigenvalue weighted by molar-refractivity contribution is 9.15. The fourth-order valence-corrected chi connectivity index (χ4v) is 2.26. The largest absolute Gasteiger partial charge is 0.427 e. The lowest BCUT2D eigenvalue weighted by molar-refractivity contribution is 0.566.